The second kappa shape index (κ2) is 3.96. The largest absolute Gasteiger partial charge is 0.345 e. The van der Waals surface area contributed by atoms with Crippen molar-refractivity contribution in [3.05, 3.63) is 12.4 Å². The number of amides is 2. The van der Waals surface area contributed by atoms with E-state index in [1.807, 2.05) is 0 Å². The summed E-state index contributed by atoms with van der Waals surface area (Å²) in [4.78, 5) is 24.6. The fraction of sp³-hybridized carbons (Fsp3) is 0.500. The van der Waals surface area contributed by atoms with Crippen molar-refractivity contribution in [3.63, 3.8) is 0 Å². The molecule has 1 saturated heterocycles. The topological polar surface area (TPSA) is 67.2 Å². The van der Waals surface area contributed by atoms with Gasteiger partial charge in [0.05, 0.1) is 17.8 Å². The van der Waals surface area contributed by atoms with Crippen molar-refractivity contribution in [3.8, 4) is 0 Å². The molecule has 1 atom stereocenters. The van der Waals surface area contributed by atoms with Gasteiger partial charge in [-0.1, -0.05) is 0 Å². The van der Waals surface area contributed by atoms with Crippen LogP contribution >= 0.6 is 0 Å². The van der Waals surface area contributed by atoms with E-state index in [1.54, 1.807) is 36.1 Å². The second-order valence-electron chi connectivity index (χ2n) is 4.07. The van der Waals surface area contributed by atoms with Crippen LogP contribution in [0.4, 0.5) is 5.69 Å². The fourth-order valence-electron chi connectivity index (χ4n) is 1.77. The van der Waals surface area contributed by atoms with Gasteiger partial charge in [-0.15, -0.1) is 0 Å². The monoisotopic (exact) mass is 222 g/mol. The first-order valence-corrected chi connectivity index (χ1v) is 5.09. The van der Waals surface area contributed by atoms with Gasteiger partial charge >= 0.3 is 0 Å². The number of likely N-dealkylation sites (tertiary alicyclic amines) is 1. The van der Waals surface area contributed by atoms with Gasteiger partial charge in [0, 0.05) is 33.3 Å². The summed E-state index contributed by atoms with van der Waals surface area (Å²) in [5.41, 5.74) is 0.662. The summed E-state index contributed by atoms with van der Waals surface area (Å²) in [6.45, 7) is 0.491. The molecule has 2 amide bonds. The van der Waals surface area contributed by atoms with Crippen LogP contribution in [0, 0.1) is 5.92 Å². The molecule has 6 heteroatoms. The van der Waals surface area contributed by atoms with Gasteiger partial charge in [-0.2, -0.15) is 5.10 Å². The van der Waals surface area contributed by atoms with Crippen molar-refractivity contribution in [1.29, 1.82) is 0 Å². The van der Waals surface area contributed by atoms with Gasteiger partial charge in [0.15, 0.2) is 0 Å². The predicted octanol–water partition coefficient (Wildman–Crippen LogP) is -0.163. The second-order valence-corrected chi connectivity index (χ2v) is 4.07. The number of aromatic nitrogens is 2. The van der Waals surface area contributed by atoms with E-state index in [9.17, 15) is 9.59 Å². The Morgan fingerprint density at radius 1 is 1.56 bits per heavy atom. The minimum Gasteiger partial charge on any atom is -0.345 e. The first kappa shape index (κ1) is 10.7. The summed E-state index contributed by atoms with van der Waals surface area (Å²) in [5.74, 6) is -0.352. The summed E-state index contributed by atoms with van der Waals surface area (Å²) in [7, 11) is 3.49. The van der Waals surface area contributed by atoms with Gasteiger partial charge in [-0.3, -0.25) is 14.3 Å². The minimum atomic E-state index is -0.252. The third-order valence-electron chi connectivity index (χ3n) is 2.68. The van der Waals surface area contributed by atoms with Gasteiger partial charge in [-0.25, -0.2) is 0 Å². The summed E-state index contributed by atoms with van der Waals surface area (Å²) in [6.07, 6.45) is 3.60. The number of hydrogen-bond donors (Lipinski definition) is 1. The average Bonchev–Trinajstić information content (AvgIpc) is 2.75. The van der Waals surface area contributed by atoms with Crippen LogP contribution in [0.2, 0.25) is 0 Å². The Balaban J connectivity index is 1.97. The quantitative estimate of drug-likeness (QED) is 0.756. The SMILES string of the molecule is CN1C[C@@H](C(=O)Nc2cnn(C)c2)CC1=O. The van der Waals surface area contributed by atoms with Crippen LogP contribution in [0.1, 0.15) is 6.42 Å². The normalized spacial score (nSPS) is 20.2. The molecule has 0 bridgehead atoms. The van der Waals surface area contributed by atoms with Crippen molar-refractivity contribution in [2.45, 2.75) is 6.42 Å². The molecule has 1 aromatic rings. The molecule has 1 aliphatic heterocycles. The van der Waals surface area contributed by atoms with Crippen LogP contribution in [0.3, 0.4) is 0 Å². The number of aryl methyl sites for hydroxylation is 1. The Morgan fingerprint density at radius 2 is 2.31 bits per heavy atom. The summed E-state index contributed by atoms with van der Waals surface area (Å²) < 4.78 is 1.61. The highest BCUT2D eigenvalue weighted by Gasteiger charge is 2.32. The van der Waals surface area contributed by atoms with Crippen molar-refractivity contribution in [2.75, 3.05) is 18.9 Å². The van der Waals surface area contributed by atoms with Crippen LogP contribution in [-0.4, -0.2) is 40.1 Å². The Hall–Kier alpha value is -1.85. The standard InChI is InChI=1S/C10H14N4O2/c1-13-5-7(3-9(13)15)10(16)12-8-4-11-14(2)6-8/h4,6-7H,3,5H2,1-2H3,(H,12,16)/t7-/m0/s1. The number of carbonyl (C=O) groups is 2. The maximum atomic E-state index is 11.8. The lowest BCUT2D eigenvalue weighted by Crippen LogP contribution is -2.25. The molecule has 0 radical (unpaired) electrons. The minimum absolute atomic E-state index is 0.0198. The zero-order chi connectivity index (χ0) is 11.7. The van der Waals surface area contributed by atoms with Gasteiger partial charge < -0.3 is 10.2 Å². The van der Waals surface area contributed by atoms with Crippen LogP contribution in [0.15, 0.2) is 12.4 Å². The number of nitrogens with one attached hydrogen (secondary N) is 1. The lowest BCUT2D eigenvalue weighted by Gasteiger charge is -2.09. The highest BCUT2D eigenvalue weighted by molar-refractivity contribution is 5.96. The van der Waals surface area contributed by atoms with E-state index in [1.165, 1.54) is 0 Å². The fourth-order valence-corrected chi connectivity index (χ4v) is 1.77. The molecule has 16 heavy (non-hydrogen) atoms. The maximum Gasteiger partial charge on any atom is 0.229 e. The Labute approximate surface area is 93.2 Å². The molecule has 1 N–H and O–H groups in total. The molecule has 0 aliphatic carbocycles. The number of nitrogens with zero attached hydrogens (tertiary/aromatic N) is 3. The molecule has 0 aromatic carbocycles. The molecule has 2 rings (SSSR count). The molecular formula is C10H14N4O2. The predicted molar refractivity (Wildman–Crippen MR) is 57.6 cm³/mol. The maximum absolute atomic E-state index is 11.8. The molecule has 86 valence electrons. The molecule has 2 heterocycles. The molecule has 1 aliphatic rings. The van der Waals surface area contributed by atoms with Crippen molar-refractivity contribution in [2.24, 2.45) is 13.0 Å². The van der Waals surface area contributed by atoms with Crippen LogP contribution < -0.4 is 5.32 Å². The lowest BCUT2D eigenvalue weighted by molar-refractivity contribution is -0.127. The summed E-state index contributed by atoms with van der Waals surface area (Å²) in [6, 6.07) is 0. The van der Waals surface area contributed by atoms with E-state index in [-0.39, 0.29) is 17.7 Å². The number of carbonyl (C=O) groups excluding carboxylic acids is 2. The van der Waals surface area contributed by atoms with E-state index < -0.39 is 0 Å². The van der Waals surface area contributed by atoms with Crippen LogP contribution in [0.25, 0.3) is 0 Å². The van der Waals surface area contributed by atoms with Gasteiger partial charge in [0.25, 0.3) is 0 Å². The Bertz CT molecular complexity index is 426. The zero-order valence-corrected chi connectivity index (χ0v) is 9.30. The number of rotatable bonds is 2. The molecule has 0 unspecified atom stereocenters. The van der Waals surface area contributed by atoms with Crippen LogP contribution in [-0.2, 0) is 16.6 Å². The summed E-state index contributed by atoms with van der Waals surface area (Å²) in [5, 5.41) is 6.70. The molecule has 1 fully saturated rings. The van der Waals surface area contributed by atoms with E-state index in [0.717, 1.165) is 0 Å². The molecular weight excluding hydrogens is 208 g/mol. The Morgan fingerprint density at radius 3 is 2.81 bits per heavy atom. The summed E-state index contributed by atoms with van der Waals surface area (Å²) >= 11 is 0. The molecule has 1 aromatic heterocycles. The highest BCUT2D eigenvalue weighted by Crippen LogP contribution is 2.18. The van der Waals surface area contributed by atoms with E-state index in [4.69, 9.17) is 0 Å². The number of hydrogen-bond acceptors (Lipinski definition) is 3. The van der Waals surface area contributed by atoms with Gasteiger partial charge in [0.1, 0.15) is 0 Å². The molecule has 6 nitrogen and oxygen atoms in total. The average molecular weight is 222 g/mol. The highest BCUT2D eigenvalue weighted by atomic mass is 16.2. The zero-order valence-electron chi connectivity index (χ0n) is 9.30. The van der Waals surface area contributed by atoms with Gasteiger partial charge in [0.2, 0.25) is 11.8 Å². The Kier molecular flexibility index (Phi) is 2.64. The van der Waals surface area contributed by atoms with E-state index >= 15 is 0 Å². The first-order chi connectivity index (χ1) is 7.56. The van der Waals surface area contributed by atoms with Crippen molar-refractivity contribution >= 4 is 17.5 Å². The van der Waals surface area contributed by atoms with E-state index in [2.05, 4.69) is 10.4 Å². The van der Waals surface area contributed by atoms with Crippen molar-refractivity contribution < 1.29 is 9.59 Å². The number of anilines is 1. The van der Waals surface area contributed by atoms with Crippen LogP contribution in [0.5, 0.6) is 0 Å². The lowest BCUT2D eigenvalue weighted by atomic mass is 10.1. The third-order valence-corrected chi connectivity index (χ3v) is 2.68. The first-order valence-electron chi connectivity index (χ1n) is 5.09. The molecule has 0 saturated carbocycles. The smallest absolute Gasteiger partial charge is 0.229 e. The van der Waals surface area contributed by atoms with Gasteiger partial charge in [-0.05, 0) is 0 Å². The third kappa shape index (κ3) is 2.05. The van der Waals surface area contributed by atoms with E-state index in [0.29, 0.717) is 18.7 Å². The van der Waals surface area contributed by atoms with Crippen molar-refractivity contribution in [1.82, 2.24) is 14.7 Å². The molecule has 0 spiro atoms.